The summed E-state index contributed by atoms with van der Waals surface area (Å²) in [6, 6.07) is 1.75. The second-order valence-corrected chi connectivity index (χ2v) is 5.06. The van der Waals surface area contributed by atoms with E-state index in [0.29, 0.717) is 23.8 Å². The lowest BCUT2D eigenvalue weighted by molar-refractivity contribution is 0.0599. The number of carbonyl (C=O) groups is 1. The molecule has 1 aromatic heterocycles. The number of furan rings is 1. The highest BCUT2D eigenvalue weighted by molar-refractivity contribution is 7.98. The fourth-order valence-electron chi connectivity index (χ4n) is 1.36. The van der Waals surface area contributed by atoms with Gasteiger partial charge in [0.2, 0.25) is 0 Å². The molecule has 0 aliphatic heterocycles. The van der Waals surface area contributed by atoms with Crippen LogP contribution in [0, 0.1) is 12.8 Å². The molecule has 4 nitrogen and oxygen atoms in total. The zero-order chi connectivity index (χ0) is 12.8. The van der Waals surface area contributed by atoms with Gasteiger partial charge in [0.1, 0.15) is 17.1 Å². The molecule has 1 atom stereocenters. The van der Waals surface area contributed by atoms with E-state index in [-0.39, 0.29) is 5.97 Å². The van der Waals surface area contributed by atoms with Crippen LogP contribution in [0.4, 0.5) is 0 Å². The van der Waals surface area contributed by atoms with Gasteiger partial charge in [0.15, 0.2) is 0 Å². The molecule has 1 aromatic rings. The van der Waals surface area contributed by atoms with Gasteiger partial charge in [-0.3, -0.25) is 0 Å². The molecule has 0 aliphatic carbocycles. The summed E-state index contributed by atoms with van der Waals surface area (Å²) in [7, 11) is 1.37. The Kier molecular flexibility index (Phi) is 5.58. The molecule has 0 spiro atoms. The van der Waals surface area contributed by atoms with Gasteiger partial charge in [-0.2, -0.15) is 11.8 Å². The smallest absolute Gasteiger partial charge is 0.341 e. The molecular weight excluding hydrogens is 238 g/mol. The summed E-state index contributed by atoms with van der Waals surface area (Å²) in [5.41, 5.74) is 6.05. The van der Waals surface area contributed by atoms with Gasteiger partial charge < -0.3 is 14.9 Å². The van der Waals surface area contributed by atoms with Crippen LogP contribution in [0.3, 0.4) is 0 Å². The minimum absolute atomic E-state index is 0.349. The number of aryl methyl sites for hydroxylation is 1. The van der Waals surface area contributed by atoms with E-state index in [1.54, 1.807) is 24.8 Å². The molecule has 2 N–H and O–H groups in total. The lowest BCUT2D eigenvalue weighted by Crippen LogP contribution is -2.12. The van der Waals surface area contributed by atoms with Crippen LogP contribution in [0.2, 0.25) is 0 Å². The standard InChI is InChI=1S/C12H19NO3S/c1-8(5-13)6-17-7-10-4-11(9(2)16-10)12(14)15-3/h4,8H,5-7,13H2,1-3H3. The highest BCUT2D eigenvalue weighted by Gasteiger charge is 2.15. The van der Waals surface area contributed by atoms with Crippen LogP contribution in [0.1, 0.15) is 28.8 Å². The zero-order valence-electron chi connectivity index (χ0n) is 10.5. The van der Waals surface area contributed by atoms with Crippen LogP contribution in [0.15, 0.2) is 10.5 Å². The van der Waals surface area contributed by atoms with E-state index in [0.717, 1.165) is 17.3 Å². The first-order chi connectivity index (χ1) is 8.08. The van der Waals surface area contributed by atoms with E-state index in [9.17, 15) is 4.79 Å². The number of ether oxygens (including phenoxy) is 1. The molecule has 0 saturated heterocycles. The van der Waals surface area contributed by atoms with Gasteiger partial charge in [-0.25, -0.2) is 4.79 Å². The molecule has 0 aromatic carbocycles. The van der Waals surface area contributed by atoms with Gasteiger partial charge in [0.05, 0.1) is 12.9 Å². The fourth-order valence-corrected chi connectivity index (χ4v) is 2.36. The third kappa shape index (κ3) is 4.09. The van der Waals surface area contributed by atoms with Crippen molar-refractivity contribution >= 4 is 17.7 Å². The first-order valence-corrected chi connectivity index (χ1v) is 6.69. The molecule has 5 heteroatoms. The van der Waals surface area contributed by atoms with Crippen molar-refractivity contribution in [3.8, 4) is 0 Å². The Bertz CT molecular complexity index is 376. The zero-order valence-corrected chi connectivity index (χ0v) is 11.3. The van der Waals surface area contributed by atoms with Gasteiger partial charge in [0.25, 0.3) is 0 Å². The fraction of sp³-hybridized carbons (Fsp3) is 0.583. The quantitative estimate of drug-likeness (QED) is 0.791. The summed E-state index contributed by atoms with van der Waals surface area (Å²) in [5.74, 6) is 3.30. The number of carbonyl (C=O) groups excluding carboxylic acids is 1. The maximum Gasteiger partial charge on any atom is 0.341 e. The second-order valence-electron chi connectivity index (χ2n) is 4.03. The van der Waals surface area contributed by atoms with Gasteiger partial charge in [-0.05, 0) is 31.2 Å². The Labute approximate surface area is 106 Å². The van der Waals surface area contributed by atoms with Crippen molar-refractivity contribution < 1.29 is 13.9 Å². The molecule has 0 fully saturated rings. The van der Waals surface area contributed by atoms with Crippen molar-refractivity contribution in [2.24, 2.45) is 11.7 Å². The van der Waals surface area contributed by atoms with Crippen LogP contribution in [-0.2, 0) is 10.5 Å². The Morgan fingerprint density at radius 2 is 2.35 bits per heavy atom. The molecule has 0 aliphatic rings. The average Bonchev–Trinajstić information content (AvgIpc) is 2.69. The number of methoxy groups -OCH3 is 1. The Balaban J connectivity index is 2.53. The van der Waals surface area contributed by atoms with Crippen LogP contribution in [0.25, 0.3) is 0 Å². The van der Waals surface area contributed by atoms with E-state index >= 15 is 0 Å². The van der Waals surface area contributed by atoms with Crippen molar-refractivity contribution in [2.45, 2.75) is 19.6 Å². The van der Waals surface area contributed by atoms with E-state index < -0.39 is 0 Å². The predicted octanol–water partition coefficient (Wildman–Crippen LogP) is 2.20. The van der Waals surface area contributed by atoms with Gasteiger partial charge in [0, 0.05) is 0 Å². The third-order valence-electron chi connectivity index (χ3n) is 2.42. The number of hydrogen-bond acceptors (Lipinski definition) is 5. The van der Waals surface area contributed by atoms with Crippen LogP contribution >= 0.6 is 11.8 Å². The molecule has 0 saturated carbocycles. The van der Waals surface area contributed by atoms with E-state index in [2.05, 4.69) is 11.7 Å². The molecule has 96 valence electrons. The number of rotatable bonds is 6. The first kappa shape index (κ1) is 14.1. The largest absolute Gasteiger partial charge is 0.465 e. The minimum atomic E-state index is -0.349. The molecule has 0 bridgehead atoms. The molecular formula is C12H19NO3S. The lowest BCUT2D eigenvalue weighted by Gasteiger charge is -2.05. The second kappa shape index (κ2) is 6.71. The van der Waals surface area contributed by atoms with Crippen molar-refractivity contribution in [1.82, 2.24) is 0 Å². The first-order valence-electron chi connectivity index (χ1n) is 5.54. The van der Waals surface area contributed by atoms with Gasteiger partial charge in [-0.1, -0.05) is 6.92 Å². The summed E-state index contributed by atoms with van der Waals surface area (Å²) >= 11 is 1.75. The molecule has 17 heavy (non-hydrogen) atoms. The highest BCUT2D eigenvalue weighted by atomic mass is 32.2. The average molecular weight is 257 g/mol. The maximum absolute atomic E-state index is 11.4. The normalized spacial score (nSPS) is 12.5. The summed E-state index contributed by atoms with van der Waals surface area (Å²) in [6.07, 6.45) is 0. The Morgan fingerprint density at radius 1 is 1.65 bits per heavy atom. The van der Waals surface area contributed by atoms with Crippen molar-refractivity contribution in [2.75, 3.05) is 19.4 Å². The van der Waals surface area contributed by atoms with Gasteiger partial charge in [-0.15, -0.1) is 0 Å². The van der Waals surface area contributed by atoms with Crippen molar-refractivity contribution in [3.05, 3.63) is 23.2 Å². The van der Waals surface area contributed by atoms with Crippen molar-refractivity contribution in [3.63, 3.8) is 0 Å². The summed E-state index contributed by atoms with van der Waals surface area (Å²) in [4.78, 5) is 11.4. The highest BCUT2D eigenvalue weighted by Crippen LogP contribution is 2.21. The van der Waals surface area contributed by atoms with E-state index in [4.69, 9.17) is 10.2 Å². The summed E-state index contributed by atoms with van der Waals surface area (Å²) in [5, 5.41) is 0. The Hall–Kier alpha value is -0.940. The van der Waals surface area contributed by atoms with E-state index in [1.165, 1.54) is 7.11 Å². The molecule has 1 heterocycles. The molecule has 1 rings (SSSR count). The monoisotopic (exact) mass is 257 g/mol. The maximum atomic E-state index is 11.4. The number of thioether (sulfide) groups is 1. The number of esters is 1. The third-order valence-corrected chi connectivity index (χ3v) is 3.72. The SMILES string of the molecule is COC(=O)c1cc(CSCC(C)CN)oc1C. The number of hydrogen-bond donors (Lipinski definition) is 1. The van der Waals surface area contributed by atoms with Crippen LogP contribution in [-0.4, -0.2) is 25.4 Å². The van der Waals surface area contributed by atoms with Gasteiger partial charge >= 0.3 is 5.97 Å². The Morgan fingerprint density at radius 3 is 2.94 bits per heavy atom. The minimum Gasteiger partial charge on any atom is -0.465 e. The summed E-state index contributed by atoms with van der Waals surface area (Å²) in [6.45, 7) is 4.57. The molecule has 1 unspecified atom stereocenters. The summed E-state index contributed by atoms with van der Waals surface area (Å²) < 4.78 is 10.2. The molecule has 0 radical (unpaired) electrons. The predicted molar refractivity (Wildman–Crippen MR) is 69.2 cm³/mol. The topological polar surface area (TPSA) is 65.5 Å². The number of nitrogens with two attached hydrogens (primary N) is 1. The van der Waals surface area contributed by atoms with Crippen LogP contribution in [0.5, 0.6) is 0 Å². The van der Waals surface area contributed by atoms with Crippen LogP contribution < -0.4 is 5.73 Å². The van der Waals surface area contributed by atoms with Crippen molar-refractivity contribution in [1.29, 1.82) is 0 Å². The molecule has 0 amide bonds. The van der Waals surface area contributed by atoms with E-state index in [1.807, 2.05) is 0 Å². The lowest BCUT2D eigenvalue weighted by atomic mass is 10.2.